The van der Waals surface area contributed by atoms with Crippen molar-refractivity contribution >= 4 is 11.8 Å². The van der Waals surface area contributed by atoms with Gasteiger partial charge in [-0.05, 0) is 11.8 Å². The number of hydrogen-bond acceptors (Lipinski definition) is 3. The van der Waals surface area contributed by atoms with E-state index in [1.165, 1.54) is 17.8 Å². The predicted octanol–water partition coefficient (Wildman–Crippen LogP) is 2.20. The lowest BCUT2D eigenvalue weighted by molar-refractivity contribution is 0.616. The predicted molar refractivity (Wildman–Crippen MR) is 45.3 cm³/mol. The van der Waals surface area contributed by atoms with Gasteiger partial charge in [-0.1, -0.05) is 6.92 Å². The maximum absolute atomic E-state index is 12.6. The van der Waals surface area contributed by atoms with Crippen molar-refractivity contribution in [3.05, 3.63) is 23.8 Å². The average molecular weight is 182 g/mol. The molecule has 1 heterocycles. The highest BCUT2D eigenvalue weighted by atomic mass is 32.2. The third kappa shape index (κ3) is 1.95. The minimum Gasteiger partial charge on any atom is -0.241 e. The Morgan fingerprint density at radius 3 is 3.08 bits per heavy atom. The largest absolute Gasteiger partial charge is 0.241 e. The average Bonchev–Trinajstić information content (AvgIpc) is 2.05. The van der Waals surface area contributed by atoms with Gasteiger partial charge in [0.1, 0.15) is 11.9 Å². The van der Waals surface area contributed by atoms with Crippen LogP contribution in [0.4, 0.5) is 4.39 Å². The molecule has 12 heavy (non-hydrogen) atoms. The molecular weight excluding hydrogens is 175 g/mol. The summed E-state index contributed by atoms with van der Waals surface area (Å²) in [4.78, 5) is 4.27. The summed E-state index contributed by atoms with van der Waals surface area (Å²) in [7, 11) is 0. The highest BCUT2D eigenvalue weighted by Gasteiger charge is 2.03. The Bertz CT molecular complexity index is 319. The first-order valence-electron chi connectivity index (χ1n) is 3.46. The van der Waals surface area contributed by atoms with Crippen LogP contribution >= 0.6 is 11.8 Å². The fourth-order valence-electron chi connectivity index (χ4n) is 0.770. The lowest BCUT2D eigenvalue weighted by atomic mass is 10.4. The molecular formula is C8H7FN2S. The first-order valence-corrected chi connectivity index (χ1v) is 4.45. The van der Waals surface area contributed by atoms with Crippen LogP contribution in [-0.2, 0) is 0 Å². The summed E-state index contributed by atoms with van der Waals surface area (Å²) in [5.74, 6) is 0.407. The highest BCUT2D eigenvalue weighted by Crippen LogP contribution is 2.20. The number of pyridine rings is 1. The molecule has 1 aromatic rings. The fourth-order valence-corrected chi connectivity index (χ4v) is 1.51. The topological polar surface area (TPSA) is 36.7 Å². The van der Waals surface area contributed by atoms with Crippen LogP contribution in [0.25, 0.3) is 0 Å². The van der Waals surface area contributed by atoms with E-state index in [1.807, 2.05) is 13.0 Å². The van der Waals surface area contributed by atoms with E-state index in [-0.39, 0.29) is 0 Å². The van der Waals surface area contributed by atoms with Crippen LogP contribution in [0.15, 0.2) is 17.2 Å². The second-order valence-corrected chi connectivity index (χ2v) is 3.35. The smallest absolute Gasteiger partial charge is 0.154 e. The van der Waals surface area contributed by atoms with Crippen molar-refractivity contribution < 1.29 is 4.39 Å². The molecule has 0 unspecified atom stereocenters. The Hall–Kier alpha value is -1.08. The van der Waals surface area contributed by atoms with Gasteiger partial charge in [-0.15, -0.1) is 11.8 Å². The minimum atomic E-state index is -0.398. The molecule has 0 amide bonds. The third-order valence-electron chi connectivity index (χ3n) is 1.23. The quantitative estimate of drug-likeness (QED) is 0.658. The minimum absolute atomic E-state index is 0.295. The van der Waals surface area contributed by atoms with Crippen molar-refractivity contribution in [2.45, 2.75) is 11.8 Å². The van der Waals surface area contributed by atoms with E-state index < -0.39 is 5.82 Å². The van der Waals surface area contributed by atoms with Crippen molar-refractivity contribution in [3.63, 3.8) is 0 Å². The molecule has 0 atom stereocenters. The maximum atomic E-state index is 12.6. The van der Waals surface area contributed by atoms with Gasteiger partial charge in [-0.2, -0.15) is 5.26 Å². The van der Waals surface area contributed by atoms with Crippen molar-refractivity contribution in [1.29, 1.82) is 5.26 Å². The number of aromatic nitrogens is 1. The standard InChI is InChI=1S/C8H7FN2S/c1-2-12-8-3-6(9)5-11-7(8)4-10/h3,5H,2H2,1H3. The Balaban J connectivity index is 3.06. The van der Waals surface area contributed by atoms with Crippen LogP contribution in [-0.4, -0.2) is 10.7 Å². The molecule has 1 rings (SSSR count). The summed E-state index contributed by atoms with van der Waals surface area (Å²) in [6.45, 7) is 1.94. The molecule has 62 valence electrons. The number of rotatable bonds is 2. The lowest BCUT2D eigenvalue weighted by Crippen LogP contribution is -1.88. The Morgan fingerprint density at radius 2 is 2.50 bits per heavy atom. The number of thioether (sulfide) groups is 1. The summed E-state index contributed by atoms with van der Waals surface area (Å²) in [6, 6.07) is 3.24. The van der Waals surface area contributed by atoms with Crippen LogP contribution in [0, 0.1) is 17.1 Å². The van der Waals surface area contributed by atoms with Gasteiger partial charge in [-0.3, -0.25) is 0 Å². The fraction of sp³-hybridized carbons (Fsp3) is 0.250. The third-order valence-corrected chi connectivity index (χ3v) is 2.14. The molecule has 0 spiro atoms. The summed E-state index contributed by atoms with van der Waals surface area (Å²) in [6.07, 6.45) is 1.05. The normalized spacial score (nSPS) is 9.42. The number of nitriles is 1. The molecule has 4 heteroatoms. The van der Waals surface area contributed by atoms with Gasteiger partial charge in [0.25, 0.3) is 0 Å². The second-order valence-electron chi connectivity index (χ2n) is 2.05. The molecule has 0 radical (unpaired) electrons. The van der Waals surface area contributed by atoms with Crippen molar-refractivity contribution in [2.75, 3.05) is 5.75 Å². The summed E-state index contributed by atoms with van der Waals surface area (Å²) >= 11 is 1.42. The van der Waals surface area contributed by atoms with Crippen LogP contribution in [0.1, 0.15) is 12.6 Å². The number of halogens is 1. The van der Waals surface area contributed by atoms with E-state index in [0.29, 0.717) is 10.6 Å². The zero-order valence-corrected chi connectivity index (χ0v) is 7.36. The van der Waals surface area contributed by atoms with E-state index in [2.05, 4.69) is 4.98 Å². The Labute approximate surface area is 74.4 Å². The van der Waals surface area contributed by atoms with Gasteiger partial charge in [0, 0.05) is 4.90 Å². The van der Waals surface area contributed by atoms with Crippen molar-refractivity contribution in [1.82, 2.24) is 4.98 Å². The molecule has 0 aliphatic rings. The highest BCUT2D eigenvalue weighted by molar-refractivity contribution is 7.99. The van der Waals surface area contributed by atoms with Crippen LogP contribution in [0.3, 0.4) is 0 Å². The van der Waals surface area contributed by atoms with Crippen molar-refractivity contribution in [2.24, 2.45) is 0 Å². The van der Waals surface area contributed by atoms with E-state index >= 15 is 0 Å². The van der Waals surface area contributed by atoms with Crippen LogP contribution in [0.5, 0.6) is 0 Å². The number of hydrogen-bond donors (Lipinski definition) is 0. The first kappa shape index (κ1) is 9.01. The molecule has 0 bridgehead atoms. The van der Waals surface area contributed by atoms with E-state index in [4.69, 9.17) is 5.26 Å². The van der Waals surface area contributed by atoms with Gasteiger partial charge < -0.3 is 0 Å². The van der Waals surface area contributed by atoms with Crippen molar-refractivity contribution in [3.8, 4) is 6.07 Å². The lowest BCUT2D eigenvalue weighted by Gasteiger charge is -1.99. The molecule has 1 aromatic heterocycles. The van der Waals surface area contributed by atoms with Crippen LogP contribution < -0.4 is 0 Å². The molecule has 0 saturated heterocycles. The van der Waals surface area contributed by atoms with E-state index in [1.54, 1.807) is 0 Å². The van der Waals surface area contributed by atoms with Gasteiger partial charge in [-0.25, -0.2) is 9.37 Å². The zero-order chi connectivity index (χ0) is 8.97. The molecule has 2 nitrogen and oxygen atoms in total. The summed E-state index contributed by atoms with van der Waals surface area (Å²) in [5, 5.41) is 8.59. The SMILES string of the molecule is CCSc1cc(F)cnc1C#N. The molecule has 0 aromatic carbocycles. The molecule has 0 saturated carbocycles. The molecule has 0 aliphatic heterocycles. The van der Waals surface area contributed by atoms with Gasteiger partial charge in [0.15, 0.2) is 5.69 Å². The summed E-state index contributed by atoms with van der Waals surface area (Å²) < 4.78 is 12.6. The zero-order valence-electron chi connectivity index (χ0n) is 6.54. The Morgan fingerprint density at radius 1 is 1.75 bits per heavy atom. The van der Waals surface area contributed by atoms with Crippen LogP contribution in [0.2, 0.25) is 0 Å². The molecule has 0 fully saturated rings. The first-order chi connectivity index (χ1) is 5.77. The molecule has 0 aliphatic carbocycles. The molecule has 0 N–H and O–H groups in total. The Kier molecular flexibility index (Phi) is 3.06. The van der Waals surface area contributed by atoms with Gasteiger partial charge in [0.2, 0.25) is 0 Å². The van der Waals surface area contributed by atoms with E-state index in [0.717, 1.165) is 11.9 Å². The second kappa shape index (κ2) is 4.07. The number of nitrogens with zero attached hydrogens (tertiary/aromatic N) is 2. The maximum Gasteiger partial charge on any atom is 0.154 e. The van der Waals surface area contributed by atoms with Gasteiger partial charge >= 0.3 is 0 Å². The van der Waals surface area contributed by atoms with Gasteiger partial charge in [0.05, 0.1) is 6.20 Å². The summed E-state index contributed by atoms with van der Waals surface area (Å²) in [5.41, 5.74) is 0.295. The monoisotopic (exact) mass is 182 g/mol. The van der Waals surface area contributed by atoms with E-state index in [9.17, 15) is 4.39 Å².